The number of aryl methyl sites for hydroxylation is 1. The first-order valence-electron chi connectivity index (χ1n) is 6.95. The number of esters is 1. The molecule has 0 atom stereocenters. The van der Waals surface area contributed by atoms with Gasteiger partial charge in [0.05, 0.1) is 17.2 Å². The van der Waals surface area contributed by atoms with Gasteiger partial charge < -0.3 is 4.74 Å². The topological polar surface area (TPSA) is 56.5 Å². The van der Waals surface area contributed by atoms with E-state index in [0.717, 1.165) is 21.1 Å². The van der Waals surface area contributed by atoms with Gasteiger partial charge in [-0.3, -0.25) is 0 Å². The van der Waals surface area contributed by atoms with Crippen LogP contribution in [0.25, 0.3) is 22.4 Å². The van der Waals surface area contributed by atoms with Gasteiger partial charge in [0.25, 0.3) is 0 Å². The SMILES string of the molecule is CCOC(=O)/C=C/c1sc2nc(-c3ccccc3)nn2c1C. The number of hydrogen-bond donors (Lipinski definition) is 0. The summed E-state index contributed by atoms with van der Waals surface area (Å²) in [5.41, 5.74) is 1.94. The van der Waals surface area contributed by atoms with Crippen molar-refractivity contribution in [3.8, 4) is 11.4 Å². The summed E-state index contributed by atoms with van der Waals surface area (Å²) in [6.07, 6.45) is 3.18. The van der Waals surface area contributed by atoms with Gasteiger partial charge in [0.15, 0.2) is 5.82 Å². The second-order valence-corrected chi connectivity index (χ2v) is 5.64. The molecule has 0 fully saturated rings. The Morgan fingerprint density at radius 2 is 2.14 bits per heavy atom. The maximum Gasteiger partial charge on any atom is 0.330 e. The van der Waals surface area contributed by atoms with Crippen molar-refractivity contribution in [2.24, 2.45) is 0 Å². The van der Waals surface area contributed by atoms with Crippen LogP contribution >= 0.6 is 11.3 Å². The fourth-order valence-electron chi connectivity index (χ4n) is 2.06. The van der Waals surface area contributed by atoms with Gasteiger partial charge >= 0.3 is 5.97 Å². The Hall–Kier alpha value is -2.47. The Morgan fingerprint density at radius 1 is 1.36 bits per heavy atom. The van der Waals surface area contributed by atoms with Crippen LogP contribution in [0.1, 0.15) is 17.5 Å². The van der Waals surface area contributed by atoms with Crippen LogP contribution in [0.5, 0.6) is 0 Å². The van der Waals surface area contributed by atoms with Crippen molar-refractivity contribution in [1.82, 2.24) is 14.6 Å². The number of thiazole rings is 1. The standard InChI is InChI=1S/C16H15N3O2S/c1-3-21-14(20)10-9-13-11(2)19-16(22-13)17-15(18-19)12-7-5-4-6-8-12/h4-10H,3H2,1-2H3/b10-9+. The lowest BCUT2D eigenvalue weighted by molar-refractivity contribution is -0.137. The fraction of sp³-hybridized carbons (Fsp3) is 0.188. The molecule has 1 aromatic carbocycles. The highest BCUT2D eigenvalue weighted by Gasteiger charge is 2.12. The molecule has 5 nitrogen and oxygen atoms in total. The summed E-state index contributed by atoms with van der Waals surface area (Å²) in [4.78, 5) is 17.7. The molecule has 0 amide bonds. The highest BCUT2D eigenvalue weighted by molar-refractivity contribution is 7.18. The minimum atomic E-state index is -0.342. The van der Waals surface area contributed by atoms with Crippen molar-refractivity contribution in [2.75, 3.05) is 6.61 Å². The monoisotopic (exact) mass is 313 g/mol. The number of benzene rings is 1. The molecule has 112 valence electrons. The summed E-state index contributed by atoms with van der Waals surface area (Å²) in [5.74, 6) is 0.363. The van der Waals surface area contributed by atoms with Crippen LogP contribution < -0.4 is 0 Å². The molecule has 0 aliphatic carbocycles. The molecule has 2 aromatic heterocycles. The molecular formula is C16H15N3O2S. The number of nitrogens with zero attached hydrogens (tertiary/aromatic N) is 3. The molecule has 0 bridgehead atoms. The summed E-state index contributed by atoms with van der Waals surface area (Å²) in [6, 6.07) is 9.85. The normalized spacial score (nSPS) is 11.4. The number of carbonyl (C=O) groups excluding carboxylic acids is 1. The summed E-state index contributed by atoms with van der Waals surface area (Å²) in [7, 11) is 0. The van der Waals surface area contributed by atoms with Crippen LogP contribution in [0.3, 0.4) is 0 Å². The summed E-state index contributed by atoms with van der Waals surface area (Å²) < 4.78 is 6.68. The zero-order valence-electron chi connectivity index (χ0n) is 12.3. The van der Waals surface area contributed by atoms with Crippen LogP contribution in [0.4, 0.5) is 0 Å². The van der Waals surface area contributed by atoms with Gasteiger partial charge in [-0.1, -0.05) is 41.7 Å². The molecule has 2 heterocycles. The average Bonchev–Trinajstić information content (AvgIpc) is 3.07. The van der Waals surface area contributed by atoms with Crippen molar-refractivity contribution in [1.29, 1.82) is 0 Å². The zero-order valence-corrected chi connectivity index (χ0v) is 13.1. The van der Waals surface area contributed by atoms with Crippen molar-refractivity contribution in [3.05, 3.63) is 47.0 Å². The van der Waals surface area contributed by atoms with Gasteiger partial charge in [-0.25, -0.2) is 9.31 Å². The van der Waals surface area contributed by atoms with E-state index in [2.05, 4.69) is 10.1 Å². The zero-order chi connectivity index (χ0) is 15.5. The van der Waals surface area contributed by atoms with E-state index in [1.54, 1.807) is 17.5 Å². The van der Waals surface area contributed by atoms with Crippen LogP contribution in [0, 0.1) is 6.92 Å². The number of aromatic nitrogens is 3. The molecule has 3 rings (SSSR count). The molecule has 0 aliphatic rings. The minimum absolute atomic E-state index is 0.342. The van der Waals surface area contributed by atoms with E-state index >= 15 is 0 Å². The van der Waals surface area contributed by atoms with E-state index in [-0.39, 0.29) is 5.97 Å². The lowest BCUT2D eigenvalue weighted by Gasteiger charge is -1.95. The van der Waals surface area contributed by atoms with Crippen LogP contribution in [0.2, 0.25) is 0 Å². The van der Waals surface area contributed by atoms with E-state index in [4.69, 9.17) is 4.74 Å². The average molecular weight is 313 g/mol. The van der Waals surface area contributed by atoms with Gasteiger partial charge in [0.1, 0.15) is 0 Å². The quantitative estimate of drug-likeness (QED) is 0.547. The molecule has 3 aromatic rings. The van der Waals surface area contributed by atoms with E-state index in [1.165, 1.54) is 17.4 Å². The number of fused-ring (bicyclic) bond motifs is 1. The molecule has 0 radical (unpaired) electrons. The molecule has 0 saturated carbocycles. The minimum Gasteiger partial charge on any atom is -0.463 e. The van der Waals surface area contributed by atoms with Gasteiger partial charge in [0.2, 0.25) is 4.96 Å². The number of hydrogen-bond acceptors (Lipinski definition) is 5. The van der Waals surface area contributed by atoms with Gasteiger partial charge in [-0.05, 0) is 19.9 Å². The molecule has 0 N–H and O–H groups in total. The Bertz CT molecular complexity index is 834. The Kier molecular flexibility index (Phi) is 4.02. The Labute approximate surface area is 131 Å². The largest absolute Gasteiger partial charge is 0.463 e. The Morgan fingerprint density at radius 3 is 2.82 bits per heavy atom. The van der Waals surface area contributed by atoms with Gasteiger partial charge in [0, 0.05) is 11.6 Å². The highest BCUT2D eigenvalue weighted by atomic mass is 32.1. The third-order valence-corrected chi connectivity index (χ3v) is 4.24. The maximum atomic E-state index is 11.4. The molecule has 22 heavy (non-hydrogen) atoms. The molecule has 0 saturated heterocycles. The first-order chi connectivity index (χ1) is 10.7. The number of carbonyl (C=O) groups is 1. The second kappa shape index (κ2) is 6.11. The lowest BCUT2D eigenvalue weighted by Crippen LogP contribution is -1.98. The Balaban J connectivity index is 1.92. The van der Waals surface area contributed by atoms with Gasteiger partial charge in [-0.2, -0.15) is 4.98 Å². The maximum absolute atomic E-state index is 11.4. The predicted octanol–water partition coefficient (Wildman–Crippen LogP) is 3.34. The van der Waals surface area contributed by atoms with E-state index in [0.29, 0.717) is 12.4 Å². The fourth-order valence-corrected chi connectivity index (χ4v) is 3.02. The van der Waals surface area contributed by atoms with E-state index < -0.39 is 0 Å². The predicted molar refractivity (Wildman–Crippen MR) is 86.7 cm³/mol. The van der Waals surface area contributed by atoms with Crippen LogP contribution in [0.15, 0.2) is 36.4 Å². The first-order valence-corrected chi connectivity index (χ1v) is 7.77. The number of ether oxygens (including phenoxy) is 1. The summed E-state index contributed by atoms with van der Waals surface area (Å²) in [6.45, 7) is 4.11. The third-order valence-electron chi connectivity index (χ3n) is 3.14. The van der Waals surface area contributed by atoms with Crippen LogP contribution in [-0.2, 0) is 9.53 Å². The molecule has 6 heteroatoms. The first kappa shape index (κ1) is 14.5. The lowest BCUT2D eigenvalue weighted by atomic mass is 10.2. The summed E-state index contributed by atoms with van der Waals surface area (Å²) in [5, 5.41) is 4.53. The van der Waals surface area contributed by atoms with E-state index in [9.17, 15) is 4.79 Å². The smallest absolute Gasteiger partial charge is 0.330 e. The third kappa shape index (κ3) is 2.78. The molecule has 0 spiro atoms. The van der Waals surface area contributed by atoms with Crippen molar-refractivity contribution in [2.45, 2.75) is 13.8 Å². The number of rotatable bonds is 4. The summed E-state index contributed by atoms with van der Waals surface area (Å²) >= 11 is 1.49. The highest BCUT2D eigenvalue weighted by Crippen LogP contribution is 2.25. The van der Waals surface area contributed by atoms with Crippen molar-refractivity contribution < 1.29 is 9.53 Å². The van der Waals surface area contributed by atoms with Crippen molar-refractivity contribution >= 4 is 28.3 Å². The second-order valence-electron chi connectivity index (χ2n) is 4.63. The molecule has 0 aliphatic heterocycles. The van der Waals surface area contributed by atoms with E-state index in [1.807, 2.05) is 37.3 Å². The molecule has 0 unspecified atom stereocenters. The van der Waals surface area contributed by atoms with Crippen LogP contribution in [-0.4, -0.2) is 27.2 Å². The van der Waals surface area contributed by atoms with Crippen molar-refractivity contribution in [3.63, 3.8) is 0 Å². The molecular weight excluding hydrogens is 298 g/mol. The van der Waals surface area contributed by atoms with Gasteiger partial charge in [-0.15, -0.1) is 5.10 Å².